The summed E-state index contributed by atoms with van der Waals surface area (Å²) in [7, 11) is 0. The number of aliphatic hydroxyl groups is 2. The normalized spacial score (nSPS) is 13.9. The molecule has 6 nitrogen and oxygen atoms in total. The van der Waals surface area contributed by atoms with E-state index >= 15 is 0 Å². The Hall–Kier alpha value is -2.96. The first-order chi connectivity index (χ1) is 32.0. The molecule has 0 fully saturated rings. The van der Waals surface area contributed by atoms with Crippen LogP contribution in [0, 0.1) is 0 Å². The molecule has 0 aliphatic rings. The van der Waals surface area contributed by atoms with Crippen molar-refractivity contribution in [3.8, 4) is 0 Å². The second-order valence-corrected chi connectivity index (χ2v) is 18.3. The highest BCUT2D eigenvalue weighted by Crippen LogP contribution is 2.18. The number of nitrogens with one attached hydrogen (secondary N) is 1. The molecule has 0 aromatic carbocycles. The minimum atomic E-state index is -0.803. The second-order valence-electron chi connectivity index (χ2n) is 18.3. The second kappa shape index (κ2) is 52.0. The van der Waals surface area contributed by atoms with Crippen LogP contribution >= 0.6 is 0 Å². The van der Waals surface area contributed by atoms with Gasteiger partial charge in [0.25, 0.3) is 0 Å². The number of ether oxygens (including phenoxy) is 1. The van der Waals surface area contributed by atoms with E-state index in [0.29, 0.717) is 19.3 Å². The molecule has 0 aromatic heterocycles. The molecule has 0 aliphatic carbocycles. The lowest BCUT2D eigenvalue weighted by atomic mass is 10.0. The Bertz CT molecular complexity index is 1250. The largest absolute Gasteiger partial charge is 0.462 e. The molecule has 0 heterocycles. The van der Waals surface area contributed by atoms with Crippen molar-refractivity contribution in [2.24, 2.45) is 0 Å². The Labute approximate surface area is 402 Å². The fourth-order valence-electron chi connectivity index (χ4n) is 7.92. The highest BCUT2D eigenvalue weighted by Gasteiger charge is 2.24. The molecule has 0 saturated carbocycles. The maximum Gasteiger partial charge on any atom is 0.306 e. The van der Waals surface area contributed by atoms with Crippen LogP contribution in [0.4, 0.5) is 0 Å². The number of hydrogen-bond donors (Lipinski definition) is 3. The number of carbonyl (C=O) groups is 2. The van der Waals surface area contributed by atoms with Gasteiger partial charge in [-0.1, -0.05) is 241 Å². The first-order valence-electron chi connectivity index (χ1n) is 27.4. The molecular weight excluding hydrogens is 803 g/mol. The maximum atomic E-state index is 13.2. The molecule has 0 radical (unpaired) electrons. The van der Waals surface area contributed by atoms with E-state index in [9.17, 15) is 19.8 Å². The number of unbranched alkanes of at least 4 members (excludes halogenated alkanes) is 25. The number of carbonyl (C=O) groups excluding carboxylic acids is 2. The van der Waals surface area contributed by atoms with E-state index in [1.54, 1.807) is 0 Å². The molecule has 374 valence electrons. The standard InChI is InChI=1S/C59H103NO5/c1-4-7-10-13-16-19-22-25-28-29-31-32-35-38-41-44-47-50-55(65-59(64)52-49-46-43-40-37-34-30-26-23-20-17-14-11-8-5-2)53-58(63)60-56(54-61)57(62)51-48-45-42-39-36-33-27-24-21-18-15-12-9-6-3/h8,11,14,16-17,19-20,23,25-26,28,30-32,55-57,61-62H,4-7,9-10,12-13,15,18,21-22,24,27,29,33-54H2,1-3H3,(H,60,63)/b11-8+,17-14+,19-16-,23-20+,28-25-,30-26-,32-31-. The van der Waals surface area contributed by atoms with E-state index in [2.05, 4.69) is 92.9 Å². The number of allylic oxidation sites excluding steroid dienone is 14. The minimum Gasteiger partial charge on any atom is -0.462 e. The Balaban J connectivity index is 4.68. The summed E-state index contributed by atoms with van der Waals surface area (Å²) in [6.07, 6.45) is 67.8. The first kappa shape index (κ1) is 62.0. The van der Waals surface area contributed by atoms with Gasteiger partial charge in [0.1, 0.15) is 6.10 Å². The smallest absolute Gasteiger partial charge is 0.306 e. The first-order valence-corrected chi connectivity index (χ1v) is 27.4. The highest BCUT2D eigenvalue weighted by atomic mass is 16.5. The van der Waals surface area contributed by atoms with E-state index in [4.69, 9.17) is 4.74 Å². The van der Waals surface area contributed by atoms with Crippen molar-refractivity contribution in [3.05, 3.63) is 85.1 Å². The molecule has 3 atom stereocenters. The van der Waals surface area contributed by atoms with E-state index in [0.717, 1.165) is 109 Å². The molecule has 3 unspecified atom stereocenters. The fourth-order valence-corrected chi connectivity index (χ4v) is 7.92. The monoisotopic (exact) mass is 906 g/mol. The number of amides is 1. The van der Waals surface area contributed by atoms with Crippen LogP contribution in [0.25, 0.3) is 0 Å². The van der Waals surface area contributed by atoms with Gasteiger partial charge < -0.3 is 20.3 Å². The van der Waals surface area contributed by atoms with Gasteiger partial charge in [-0.15, -0.1) is 0 Å². The minimum absolute atomic E-state index is 0.0492. The van der Waals surface area contributed by atoms with Crippen LogP contribution in [-0.2, 0) is 14.3 Å². The summed E-state index contributed by atoms with van der Waals surface area (Å²) < 4.78 is 5.93. The third-order valence-electron chi connectivity index (χ3n) is 12.1. The van der Waals surface area contributed by atoms with Crippen molar-refractivity contribution in [1.29, 1.82) is 0 Å². The van der Waals surface area contributed by atoms with Crippen molar-refractivity contribution < 1.29 is 24.5 Å². The van der Waals surface area contributed by atoms with Gasteiger partial charge in [-0.3, -0.25) is 9.59 Å². The third-order valence-corrected chi connectivity index (χ3v) is 12.1. The van der Waals surface area contributed by atoms with Crippen LogP contribution in [-0.4, -0.2) is 46.9 Å². The molecule has 0 aromatic rings. The summed E-state index contributed by atoms with van der Waals surface area (Å²) in [4.78, 5) is 26.2. The van der Waals surface area contributed by atoms with Gasteiger partial charge in [-0.25, -0.2) is 0 Å². The summed E-state index contributed by atoms with van der Waals surface area (Å²) in [6, 6.07) is -0.719. The van der Waals surface area contributed by atoms with Crippen LogP contribution in [0.15, 0.2) is 85.1 Å². The number of aliphatic hydroxyl groups excluding tert-OH is 2. The number of rotatable bonds is 48. The van der Waals surface area contributed by atoms with E-state index in [1.165, 1.54) is 96.3 Å². The zero-order chi connectivity index (χ0) is 47.4. The van der Waals surface area contributed by atoms with E-state index in [1.807, 2.05) is 18.2 Å². The van der Waals surface area contributed by atoms with Gasteiger partial charge in [0.05, 0.1) is 25.2 Å². The van der Waals surface area contributed by atoms with Crippen molar-refractivity contribution in [2.45, 2.75) is 270 Å². The van der Waals surface area contributed by atoms with Gasteiger partial charge >= 0.3 is 5.97 Å². The van der Waals surface area contributed by atoms with Crippen LogP contribution < -0.4 is 5.32 Å². The Morgan fingerprint density at radius 3 is 1.43 bits per heavy atom. The van der Waals surface area contributed by atoms with Crippen molar-refractivity contribution in [3.63, 3.8) is 0 Å². The van der Waals surface area contributed by atoms with Crippen molar-refractivity contribution in [1.82, 2.24) is 5.32 Å². The van der Waals surface area contributed by atoms with Gasteiger partial charge in [0.2, 0.25) is 5.91 Å². The molecule has 0 bridgehead atoms. The summed E-state index contributed by atoms with van der Waals surface area (Å²) in [6.45, 7) is 6.31. The van der Waals surface area contributed by atoms with Gasteiger partial charge in [-0.2, -0.15) is 0 Å². The Morgan fingerprint density at radius 2 is 0.892 bits per heavy atom. The maximum absolute atomic E-state index is 13.2. The van der Waals surface area contributed by atoms with E-state index in [-0.39, 0.29) is 24.9 Å². The van der Waals surface area contributed by atoms with Crippen LogP contribution in [0.1, 0.15) is 252 Å². The predicted molar refractivity (Wildman–Crippen MR) is 282 cm³/mol. The molecule has 0 spiro atoms. The summed E-state index contributed by atoms with van der Waals surface area (Å²) >= 11 is 0. The van der Waals surface area contributed by atoms with E-state index < -0.39 is 18.2 Å². The topological polar surface area (TPSA) is 95.9 Å². The summed E-state index contributed by atoms with van der Waals surface area (Å²) in [5.41, 5.74) is 0. The van der Waals surface area contributed by atoms with Crippen molar-refractivity contribution in [2.75, 3.05) is 6.61 Å². The molecule has 65 heavy (non-hydrogen) atoms. The van der Waals surface area contributed by atoms with Crippen LogP contribution in [0.5, 0.6) is 0 Å². The molecule has 0 aliphatic heterocycles. The lowest BCUT2D eigenvalue weighted by Gasteiger charge is -2.24. The van der Waals surface area contributed by atoms with Gasteiger partial charge in [-0.05, 0) is 83.5 Å². The van der Waals surface area contributed by atoms with Crippen LogP contribution in [0.2, 0.25) is 0 Å². The molecule has 6 heteroatoms. The predicted octanol–water partition coefficient (Wildman–Crippen LogP) is 16.7. The molecule has 3 N–H and O–H groups in total. The lowest BCUT2D eigenvalue weighted by molar-refractivity contribution is -0.151. The van der Waals surface area contributed by atoms with Gasteiger partial charge in [0, 0.05) is 6.42 Å². The van der Waals surface area contributed by atoms with Gasteiger partial charge in [0.15, 0.2) is 0 Å². The molecule has 0 saturated heterocycles. The average molecular weight is 906 g/mol. The molecular formula is C59H103NO5. The SMILES string of the molecule is CC/C=C/C=C/C=C/C=C\CCCCCCCC(=O)OC(CCCCCC/C=C\C/C=C\C/C=C\CCCCC)CC(=O)NC(CO)C(O)CCCCCCCCCCCCCCCC. The van der Waals surface area contributed by atoms with Crippen molar-refractivity contribution >= 4 is 11.9 Å². The Kier molecular flexibility index (Phi) is 49.6. The van der Waals surface area contributed by atoms with Crippen LogP contribution in [0.3, 0.4) is 0 Å². The number of hydrogen-bond acceptors (Lipinski definition) is 5. The highest BCUT2D eigenvalue weighted by molar-refractivity contribution is 5.77. The lowest BCUT2D eigenvalue weighted by Crippen LogP contribution is -2.46. The molecule has 1 amide bonds. The zero-order valence-electron chi connectivity index (χ0n) is 42.6. The number of esters is 1. The summed E-state index contributed by atoms with van der Waals surface area (Å²) in [5.74, 6) is -0.523. The fraction of sp³-hybridized carbons (Fsp3) is 0.729. The zero-order valence-corrected chi connectivity index (χ0v) is 42.6. The quantitative estimate of drug-likeness (QED) is 0.0245. The Morgan fingerprint density at radius 1 is 0.477 bits per heavy atom. The average Bonchev–Trinajstić information content (AvgIpc) is 3.30. The summed E-state index contributed by atoms with van der Waals surface area (Å²) in [5, 5.41) is 23.8. The third kappa shape index (κ3) is 47.3. The molecule has 0 rings (SSSR count).